The first kappa shape index (κ1) is 32.2. The van der Waals surface area contributed by atoms with E-state index >= 15 is 0 Å². The number of para-hydroxylation sites is 2. The average Bonchev–Trinajstić information content (AvgIpc) is 3.83. The number of anilines is 3. The molecule has 0 aliphatic rings. The van der Waals surface area contributed by atoms with E-state index in [-0.39, 0.29) is 0 Å². The summed E-state index contributed by atoms with van der Waals surface area (Å²) in [5.41, 5.74) is 8.54. The molecule has 0 spiro atoms. The van der Waals surface area contributed by atoms with Crippen LogP contribution in [-0.2, 0) is 0 Å². The molecule has 0 aliphatic heterocycles. The van der Waals surface area contributed by atoms with E-state index in [0.717, 1.165) is 55.3 Å². The third-order valence-electron chi connectivity index (χ3n) is 12.5. The van der Waals surface area contributed by atoms with Gasteiger partial charge in [0.05, 0.1) is 27.8 Å². The van der Waals surface area contributed by atoms with Gasteiger partial charge in [0.1, 0.15) is 11.2 Å². The molecular formula is C56H34N2O. The van der Waals surface area contributed by atoms with Crippen LogP contribution in [0.4, 0.5) is 17.1 Å². The third-order valence-corrected chi connectivity index (χ3v) is 12.5. The van der Waals surface area contributed by atoms with Crippen molar-refractivity contribution in [1.82, 2.24) is 4.57 Å². The molecule has 11 aromatic carbocycles. The number of furan rings is 1. The summed E-state index contributed by atoms with van der Waals surface area (Å²) < 4.78 is 9.12. The van der Waals surface area contributed by atoms with E-state index in [9.17, 15) is 0 Å². The fraction of sp³-hybridized carbons (Fsp3) is 0. The lowest BCUT2D eigenvalue weighted by atomic mass is 9.98. The number of rotatable bonds is 4. The molecular weight excluding hydrogens is 717 g/mol. The predicted octanol–water partition coefficient (Wildman–Crippen LogP) is 15.9. The predicted molar refractivity (Wildman–Crippen MR) is 250 cm³/mol. The molecule has 3 nitrogen and oxygen atoms in total. The van der Waals surface area contributed by atoms with Crippen molar-refractivity contribution >= 4 is 115 Å². The Kier molecular flexibility index (Phi) is 6.72. The normalized spacial score (nSPS) is 12.1. The Morgan fingerprint density at radius 1 is 0.322 bits per heavy atom. The van der Waals surface area contributed by atoms with Gasteiger partial charge in [0, 0.05) is 38.3 Å². The Hall–Kier alpha value is -7.88. The fourth-order valence-electron chi connectivity index (χ4n) is 9.88. The Morgan fingerprint density at radius 2 is 0.864 bits per heavy atom. The van der Waals surface area contributed by atoms with Crippen LogP contribution in [0.5, 0.6) is 0 Å². The Labute approximate surface area is 339 Å². The van der Waals surface area contributed by atoms with Crippen molar-refractivity contribution < 1.29 is 4.42 Å². The van der Waals surface area contributed by atoms with Crippen LogP contribution in [0.2, 0.25) is 0 Å². The first-order chi connectivity index (χ1) is 29.3. The standard InChI is InChI=1S/C56H34N2O/c1-4-16-41-35(13-1)25-26-38-31-39(27-29-43(38)41)57(56-44-18-6-3-15-37(44)33-54-55(56)48-22-10-12-24-53(48)59-54)40-28-30-51-49(34-40)47-21-9-11-23-50(47)58(51)52-32-36-14-2-5-17-42(36)45-19-7-8-20-46(45)52/h1-34H. The molecule has 13 rings (SSSR count). The van der Waals surface area contributed by atoms with Crippen LogP contribution in [0.1, 0.15) is 0 Å². The summed E-state index contributed by atoms with van der Waals surface area (Å²) in [5, 5.41) is 16.8. The summed E-state index contributed by atoms with van der Waals surface area (Å²) in [7, 11) is 0. The maximum absolute atomic E-state index is 6.66. The van der Waals surface area contributed by atoms with Gasteiger partial charge in [-0.15, -0.1) is 0 Å². The largest absolute Gasteiger partial charge is 0.456 e. The van der Waals surface area contributed by atoms with E-state index in [2.05, 4.69) is 216 Å². The number of hydrogen-bond acceptors (Lipinski definition) is 2. The summed E-state index contributed by atoms with van der Waals surface area (Å²) >= 11 is 0. The highest BCUT2D eigenvalue weighted by Crippen LogP contribution is 2.49. The minimum Gasteiger partial charge on any atom is -0.456 e. The SMILES string of the molecule is c1ccc2c(N(c3ccc4c(ccc5ccccc54)c3)c3ccc4c(c3)c3ccccc3n4-c3cc4ccccc4c4ccccc34)c3c(cc2c1)oc1ccccc13. The molecule has 274 valence electrons. The Bertz CT molecular complexity index is 3870. The molecule has 0 saturated carbocycles. The lowest BCUT2D eigenvalue weighted by molar-refractivity contribution is 0.669. The minimum absolute atomic E-state index is 0.873. The lowest BCUT2D eigenvalue weighted by Gasteiger charge is -2.28. The van der Waals surface area contributed by atoms with Gasteiger partial charge in [0.25, 0.3) is 0 Å². The summed E-state index contributed by atoms with van der Waals surface area (Å²) in [6.07, 6.45) is 0. The third kappa shape index (κ3) is 4.70. The van der Waals surface area contributed by atoms with Gasteiger partial charge in [0.2, 0.25) is 0 Å². The second-order valence-corrected chi connectivity index (χ2v) is 15.7. The van der Waals surface area contributed by atoms with Crippen LogP contribution >= 0.6 is 0 Å². The van der Waals surface area contributed by atoms with Crippen LogP contribution in [-0.4, -0.2) is 4.57 Å². The summed E-state index contributed by atoms with van der Waals surface area (Å²) in [5.74, 6) is 0. The molecule has 59 heavy (non-hydrogen) atoms. The number of aromatic nitrogens is 1. The van der Waals surface area contributed by atoms with Gasteiger partial charge in [-0.2, -0.15) is 0 Å². The smallest absolute Gasteiger partial charge is 0.138 e. The van der Waals surface area contributed by atoms with Gasteiger partial charge in [-0.1, -0.05) is 152 Å². The van der Waals surface area contributed by atoms with Crippen LogP contribution in [0.15, 0.2) is 211 Å². The van der Waals surface area contributed by atoms with Crippen LogP contribution in [0, 0.1) is 0 Å². The molecule has 0 amide bonds. The van der Waals surface area contributed by atoms with Crippen molar-refractivity contribution in [3.63, 3.8) is 0 Å². The van der Waals surface area contributed by atoms with Crippen molar-refractivity contribution in [3.8, 4) is 5.69 Å². The zero-order valence-corrected chi connectivity index (χ0v) is 31.9. The van der Waals surface area contributed by atoms with E-state index < -0.39 is 0 Å². The van der Waals surface area contributed by atoms with Crippen molar-refractivity contribution in [3.05, 3.63) is 206 Å². The first-order valence-corrected chi connectivity index (χ1v) is 20.3. The first-order valence-electron chi connectivity index (χ1n) is 20.3. The molecule has 3 heteroatoms. The van der Waals surface area contributed by atoms with Gasteiger partial charge in [-0.3, -0.25) is 0 Å². The number of fused-ring (bicyclic) bond motifs is 13. The quantitative estimate of drug-likeness (QED) is 0.167. The molecule has 0 atom stereocenters. The summed E-state index contributed by atoms with van der Waals surface area (Å²) in [6, 6.07) is 75.2. The number of nitrogens with zero attached hydrogens (tertiary/aromatic N) is 2. The highest BCUT2D eigenvalue weighted by molar-refractivity contribution is 6.23. The molecule has 0 N–H and O–H groups in total. The number of benzene rings is 11. The topological polar surface area (TPSA) is 21.3 Å². The Morgan fingerprint density at radius 3 is 1.69 bits per heavy atom. The lowest BCUT2D eigenvalue weighted by Crippen LogP contribution is -2.11. The molecule has 0 unspecified atom stereocenters. The molecule has 13 aromatic rings. The highest BCUT2D eigenvalue weighted by atomic mass is 16.3. The maximum Gasteiger partial charge on any atom is 0.138 e. The zero-order valence-electron chi connectivity index (χ0n) is 31.9. The molecule has 0 bridgehead atoms. The van der Waals surface area contributed by atoms with Crippen LogP contribution < -0.4 is 4.90 Å². The van der Waals surface area contributed by atoms with Gasteiger partial charge in [-0.25, -0.2) is 0 Å². The Balaban J connectivity index is 1.14. The number of hydrogen-bond donors (Lipinski definition) is 0. The average molecular weight is 751 g/mol. The van der Waals surface area contributed by atoms with Gasteiger partial charge >= 0.3 is 0 Å². The molecule has 0 fully saturated rings. The zero-order chi connectivity index (χ0) is 38.6. The molecule has 0 radical (unpaired) electrons. The van der Waals surface area contributed by atoms with E-state index in [1.165, 1.54) is 65.1 Å². The second-order valence-electron chi connectivity index (χ2n) is 15.7. The van der Waals surface area contributed by atoms with Crippen molar-refractivity contribution in [2.75, 3.05) is 4.90 Å². The highest BCUT2D eigenvalue weighted by Gasteiger charge is 2.25. The molecule has 2 aromatic heterocycles. The van der Waals surface area contributed by atoms with E-state index in [1.807, 2.05) is 0 Å². The van der Waals surface area contributed by atoms with Gasteiger partial charge in [0.15, 0.2) is 0 Å². The molecule has 2 heterocycles. The van der Waals surface area contributed by atoms with Crippen molar-refractivity contribution in [2.45, 2.75) is 0 Å². The van der Waals surface area contributed by atoms with Gasteiger partial charge in [-0.05, 0) is 97.7 Å². The van der Waals surface area contributed by atoms with E-state index in [4.69, 9.17) is 4.42 Å². The maximum atomic E-state index is 6.66. The summed E-state index contributed by atoms with van der Waals surface area (Å²) in [4.78, 5) is 2.47. The van der Waals surface area contributed by atoms with Gasteiger partial charge < -0.3 is 13.9 Å². The monoisotopic (exact) mass is 750 g/mol. The molecule has 0 saturated heterocycles. The van der Waals surface area contributed by atoms with E-state index in [0.29, 0.717) is 0 Å². The summed E-state index contributed by atoms with van der Waals surface area (Å²) in [6.45, 7) is 0. The molecule has 0 aliphatic carbocycles. The van der Waals surface area contributed by atoms with Crippen molar-refractivity contribution in [1.29, 1.82) is 0 Å². The second kappa shape index (κ2) is 12.3. The minimum atomic E-state index is 0.873. The van der Waals surface area contributed by atoms with E-state index in [1.54, 1.807) is 0 Å². The van der Waals surface area contributed by atoms with Crippen LogP contribution in [0.25, 0.3) is 103 Å². The fourth-order valence-corrected chi connectivity index (χ4v) is 9.88. The van der Waals surface area contributed by atoms with Crippen LogP contribution in [0.3, 0.4) is 0 Å². The van der Waals surface area contributed by atoms with Crippen molar-refractivity contribution in [2.24, 2.45) is 0 Å².